The summed E-state index contributed by atoms with van der Waals surface area (Å²) < 4.78 is 0. The third-order valence-electron chi connectivity index (χ3n) is 1.68. The van der Waals surface area contributed by atoms with Crippen molar-refractivity contribution in [2.75, 3.05) is 0 Å². The standard InChI is InChI=1S/C6H7N3O/c10-4-1-2-7-6-5(4)8-3-9-6/h2-3,5-6H,1H2,(H,8,9). The fraction of sp³-hybridized carbons (Fsp3) is 0.500. The van der Waals surface area contributed by atoms with Gasteiger partial charge in [0, 0.05) is 12.6 Å². The van der Waals surface area contributed by atoms with Crippen LogP contribution in [0.5, 0.6) is 0 Å². The highest BCUT2D eigenvalue weighted by Crippen LogP contribution is 2.11. The summed E-state index contributed by atoms with van der Waals surface area (Å²) in [6.45, 7) is 0. The van der Waals surface area contributed by atoms with Crippen molar-refractivity contribution in [3.05, 3.63) is 0 Å². The average Bonchev–Trinajstić information content (AvgIpc) is 2.36. The van der Waals surface area contributed by atoms with E-state index in [1.54, 1.807) is 12.6 Å². The maximum atomic E-state index is 11.0. The second-order valence-corrected chi connectivity index (χ2v) is 2.34. The molecule has 2 aliphatic heterocycles. The van der Waals surface area contributed by atoms with E-state index < -0.39 is 0 Å². The number of hydrogen-bond donors (Lipinski definition) is 1. The molecular weight excluding hydrogens is 130 g/mol. The molecule has 0 aliphatic carbocycles. The topological polar surface area (TPSA) is 53.8 Å². The predicted molar refractivity (Wildman–Crippen MR) is 37.3 cm³/mol. The average molecular weight is 137 g/mol. The van der Waals surface area contributed by atoms with E-state index in [9.17, 15) is 4.79 Å². The number of aliphatic imine (C=N–C) groups is 2. The Morgan fingerprint density at radius 1 is 1.60 bits per heavy atom. The van der Waals surface area contributed by atoms with E-state index in [0.29, 0.717) is 6.42 Å². The van der Waals surface area contributed by atoms with Crippen LogP contribution in [0.15, 0.2) is 9.98 Å². The van der Waals surface area contributed by atoms with Crippen molar-refractivity contribution in [3.8, 4) is 0 Å². The molecule has 0 aromatic heterocycles. The lowest BCUT2D eigenvalue weighted by molar-refractivity contribution is -0.119. The fourth-order valence-corrected chi connectivity index (χ4v) is 1.13. The molecule has 2 unspecified atom stereocenters. The van der Waals surface area contributed by atoms with E-state index in [4.69, 9.17) is 0 Å². The van der Waals surface area contributed by atoms with Gasteiger partial charge in [-0.25, -0.2) is 4.99 Å². The van der Waals surface area contributed by atoms with Crippen molar-refractivity contribution in [2.24, 2.45) is 9.98 Å². The van der Waals surface area contributed by atoms with E-state index in [2.05, 4.69) is 15.3 Å². The first-order valence-electron chi connectivity index (χ1n) is 3.20. The number of carbonyl (C=O) groups is 1. The molecule has 1 N–H and O–H groups in total. The van der Waals surface area contributed by atoms with Crippen molar-refractivity contribution in [1.82, 2.24) is 5.32 Å². The van der Waals surface area contributed by atoms with Gasteiger partial charge in [0.2, 0.25) is 0 Å². The highest BCUT2D eigenvalue weighted by Gasteiger charge is 2.31. The summed E-state index contributed by atoms with van der Waals surface area (Å²) >= 11 is 0. The van der Waals surface area contributed by atoms with Crippen LogP contribution < -0.4 is 5.32 Å². The Hall–Kier alpha value is -1.19. The molecule has 10 heavy (non-hydrogen) atoms. The normalized spacial score (nSPS) is 35.8. The van der Waals surface area contributed by atoms with Crippen molar-refractivity contribution in [3.63, 3.8) is 0 Å². The van der Waals surface area contributed by atoms with Gasteiger partial charge in [-0.1, -0.05) is 0 Å². The smallest absolute Gasteiger partial charge is 0.167 e. The van der Waals surface area contributed by atoms with Gasteiger partial charge in [0.15, 0.2) is 11.9 Å². The van der Waals surface area contributed by atoms with Gasteiger partial charge in [0.05, 0.1) is 6.34 Å². The van der Waals surface area contributed by atoms with Gasteiger partial charge in [0.1, 0.15) is 6.04 Å². The lowest BCUT2D eigenvalue weighted by Gasteiger charge is -2.15. The SMILES string of the molecule is O=C1CC=NC2N=CNC12. The van der Waals surface area contributed by atoms with Crippen molar-refractivity contribution in [2.45, 2.75) is 18.6 Å². The summed E-state index contributed by atoms with van der Waals surface area (Å²) in [6.07, 6.45) is 3.45. The van der Waals surface area contributed by atoms with Crippen LogP contribution in [0.2, 0.25) is 0 Å². The highest BCUT2D eigenvalue weighted by molar-refractivity contribution is 5.99. The van der Waals surface area contributed by atoms with E-state index >= 15 is 0 Å². The van der Waals surface area contributed by atoms with Gasteiger partial charge < -0.3 is 5.32 Å². The predicted octanol–water partition coefficient (Wildman–Crippen LogP) is -0.644. The Balaban J connectivity index is 2.27. The minimum atomic E-state index is -0.179. The molecule has 52 valence electrons. The van der Waals surface area contributed by atoms with Crippen LogP contribution in [-0.2, 0) is 4.79 Å². The Labute approximate surface area is 58.1 Å². The van der Waals surface area contributed by atoms with Crippen LogP contribution in [-0.4, -0.2) is 30.5 Å². The Bertz CT molecular complexity index is 221. The Morgan fingerprint density at radius 2 is 2.50 bits per heavy atom. The lowest BCUT2D eigenvalue weighted by atomic mass is 10.1. The molecule has 2 rings (SSSR count). The zero-order valence-electron chi connectivity index (χ0n) is 5.32. The Kier molecular flexibility index (Phi) is 1.06. The van der Waals surface area contributed by atoms with Crippen LogP contribution >= 0.6 is 0 Å². The maximum absolute atomic E-state index is 11.0. The molecule has 0 aromatic rings. The van der Waals surface area contributed by atoms with Gasteiger partial charge in [-0.15, -0.1) is 0 Å². The molecule has 0 radical (unpaired) electrons. The molecule has 4 nitrogen and oxygen atoms in total. The van der Waals surface area contributed by atoms with E-state index in [1.165, 1.54) is 0 Å². The number of nitrogens with zero attached hydrogens (tertiary/aromatic N) is 2. The molecule has 0 fully saturated rings. The number of fused-ring (bicyclic) bond motifs is 1. The first-order valence-corrected chi connectivity index (χ1v) is 3.20. The molecular formula is C6H7N3O. The number of ketones is 1. The highest BCUT2D eigenvalue weighted by atomic mass is 16.1. The number of nitrogens with one attached hydrogen (secondary N) is 1. The monoisotopic (exact) mass is 137 g/mol. The van der Waals surface area contributed by atoms with Gasteiger partial charge in [0.25, 0.3) is 0 Å². The minimum absolute atomic E-state index is 0.176. The molecule has 4 heteroatoms. The molecule has 2 atom stereocenters. The van der Waals surface area contributed by atoms with Crippen LogP contribution in [0.1, 0.15) is 6.42 Å². The second kappa shape index (κ2) is 1.90. The third-order valence-corrected chi connectivity index (χ3v) is 1.68. The minimum Gasteiger partial charge on any atom is -0.363 e. The lowest BCUT2D eigenvalue weighted by Crippen LogP contribution is -2.41. The summed E-state index contributed by atoms with van der Waals surface area (Å²) in [5.74, 6) is 0.178. The largest absolute Gasteiger partial charge is 0.363 e. The Morgan fingerprint density at radius 3 is 3.30 bits per heavy atom. The van der Waals surface area contributed by atoms with Crippen LogP contribution in [0.25, 0.3) is 0 Å². The summed E-state index contributed by atoms with van der Waals surface area (Å²) in [4.78, 5) is 19.0. The summed E-state index contributed by atoms with van der Waals surface area (Å²) in [6, 6.07) is -0.176. The number of carbonyl (C=O) groups excluding carboxylic acids is 1. The molecule has 2 heterocycles. The van der Waals surface area contributed by atoms with Crippen molar-refractivity contribution < 1.29 is 4.79 Å². The van der Waals surface area contributed by atoms with Crippen molar-refractivity contribution >= 4 is 18.3 Å². The summed E-state index contributed by atoms with van der Waals surface area (Å²) in [5.41, 5.74) is 0. The first kappa shape index (κ1) is 5.58. The number of hydrogen-bond acceptors (Lipinski definition) is 4. The molecule has 0 bridgehead atoms. The molecule has 0 aromatic carbocycles. The van der Waals surface area contributed by atoms with E-state index in [0.717, 1.165) is 0 Å². The molecule has 0 spiro atoms. The second-order valence-electron chi connectivity index (χ2n) is 2.34. The van der Waals surface area contributed by atoms with Crippen LogP contribution in [0.3, 0.4) is 0 Å². The van der Waals surface area contributed by atoms with Crippen LogP contribution in [0, 0.1) is 0 Å². The van der Waals surface area contributed by atoms with Gasteiger partial charge in [-0.3, -0.25) is 9.79 Å². The quantitative estimate of drug-likeness (QED) is 0.482. The van der Waals surface area contributed by atoms with Gasteiger partial charge in [-0.2, -0.15) is 0 Å². The zero-order chi connectivity index (χ0) is 6.97. The van der Waals surface area contributed by atoms with E-state index in [-0.39, 0.29) is 18.0 Å². The zero-order valence-corrected chi connectivity index (χ0v) is 5.32. The summed E-state index contributed by atoms with van der Waals surface area (Å²) in [7, 11) is 0. The van der Waals surface area contributed by atoms with Gasteiger partial charge >= 0.3 is 0 Å². The van der Waals surface area contributed by atoms with Gasteiger partial charge in [-0.05, 0) is 0 Å². The molecule has 0 saturated heterocycles. The van der Waals surface area contributed by atoms with E-state index in [1.807, 2.05) is 0 Å². The van der Waals surface area contributed by atoms with Crippen molar-refractivity contribution in [1.29, 1.82) is 0 Å². The fourth-order valence-electron chi connectivity index (χ4n) is 1.13. The molecule has 0 saturated carbocycles. The third kappa shape index (κ3) is 0.650. The molecule has 2 aliphatic rings. The molecule has 0 amide bonds. The maximum Gasteiger partial charge on any atom is 0.167 e. The first-order chi connectivity index (χ1) is 4.88. The summed E-state index contributed by atoms with van der Waals surface area (Å²) in [5, 5.41) is 2.85. The number of rotatable bonds is 0. The van der Waals surface area contributed by atoms with Crippen LogP contribution in [0.4, 0.5) is 0 Å². The number of Topliss-reactive ketones (excluding diaryl/α,β-unsaturated/α-hetero) is 1.